The number of hydrogen-bond acceptors (Lipinski definition) is 5. The maximum Gasteiger partial charge on any atom is 0.252 e. The Labute approximate surface area is 163 Å². The van der Waals surface area contributed by atoms with Crippen molar-refractivity contribution in [3.05, 3.63) is 16.5 Å². The van der Waals surface area contributed by atoms with Crippen LogP contribution in [0.3, 0.4) is 0 Å². The summed E-state index contributed by atoms with van der Waals surface area (Å²) in [6, 6.07) is 3.12. The lowest BCUT2D eigenvalue weighted by Crippen LogP contribution is -2.54. The van der Waals surface area contributed by atoms with E-state index in [-0.39, 0.29) is 22.5 Å². The number of carbonyl (C=O) groups excluding carboxylic acids is 1. The van der Waals surface area contributed by atoms with Crippen LogP contribution >= 0.6 is 35.3 Å². The number of carbonyl (C=O) groups is 1. The number of nitrogens with zero attached hydrogens (tertiary/aromatic N) is 2. The number of amides is 1. The monoisotopic (exact) mass is 427 g/mol. The van der Waals surface area contributed by atoms with Gasteiger partial charge in [0.1, 0.15) is 4.21 Å². The minimum atomic E-state index is -3.55. The molecule has 0 bridgehead atoms. The molecule has 0 radical (unpaired) electrons. The van der Waals surface area contributed by atoms with Gasteiger partial charge in [0.2, 0.25) is 5.91 Å². The normalized spacial score (nSPS) is 21.6. The molecule has 1 amide bonds. The molecule has 1 saturated carbocycles. The van der Waals surface area contributed by atoms with Crippen LogP contribution in [0.5, 0.6) is 0 Å². The van der Waals surface area contributed by atoms with E-state index in [0.29, 0.717) is 36.9 Å². The van der Waals surface area contributed by atoms with Gasteiger partial charge in [0, 0.05) is 26.2 Å². The first-order valence-corrected chi connectivity index (χ1v) is 10.8. The summed E-state index contributed by atoms with van der Waals surface area (Å²) in [6.07, 6.45) is 4.02. The third kappa shape index (κ3) is 4.31. The van der Waals surface area contributed by atoms with Gasteiger partial charge in [-0.25, -0.2) is 8.42 Å². The van der Waals surface area contributed by atoms with Crippen molar-refractivity contribution < 1.29 is 13.2 Å². The highest BCUT2D eigenvalue weighted by molar-refractivity contribution is 7.91. The van der Waals surface area contributed by atoms with E-state index < -0.39 is 15.6 Å². The largest absolute Gasteiger partial charge is 0.340 e. The molecule has 0 atom stereocenters. The Morgan fingerprint density at radius 3 is 2.40 bits per heavy atom. The number of halogens is 2. The van der Waals surface area contributed by atoms with Crippen LogP contribution in [0.25, 0.3) is 0 Å². The lowest BCUT2D eigenvalue weighted by Gasteiger charge is -2.30. The van der Waals surface area contributed by atoms with Gasteiger partial charge in [0.05, 0.1) is 9.88 Å². The molecule has 0 spiro atoms. The molecule has 25 heavy (non-hydrogen) atoms. The minimum absolute atomic E-state index is 0. The summed E-state index contributed by atoms with van der Waals surface area (Å²) in [4.78, 5) is 14.5. The second kappa shape index (κ2) is 8.10. The lowest BCUT2D eigenvalue weighted by atomic mass is 9.97. The summed E-state index contributed by atoms with van der Waals surface area (Å²) in [5.41, 5.74) is 5.51. The minimum Gasteiger partial charge on any atom is -0.340 e. The van der Waals surface area contributed by atoms with Crippen molar-refractivity contribution in [1.29, 1.82) is 0 Å². The fourth-order valence-electron chi connectivity index (χ4n) is 3.44. The van der Waals surface area contributed by atoms with E-state index in [1.54, 1.807) is 11.0 Å². The van der Waals surface area contributed by atoms with Crippen LogP contribution < -0.4 is 5.73 Å². The fourth-order valence-corrected chi connectivity index (χ4v) is 6.54. The predicted octanol–water partition coefficient (Wildman–Crippen LogP) is 2.32. The maximum atomic E-state index is 12.7. The standard InChI is InChI=1S/C15H22ClN3O3S2.ClH/c16-12-4-5-13(23-12)24(21,22)19-9-3-8-18(10-11-19)14(20)15(17)6-1-2-7-15;/h4-5H,1-3,6-11,17H2;1H. The van der Waals surface area contributed by atoms with Crippen LogP contribution in [0.1, 0.15) is 32.1 Å². The van der Waals surface area contributed by atoms with Crippen LogP contribution in [0, 0.1) is 0 Å². The Bertz CT molecular complexity index is 717. The summed E-state index contributed by atoms with van der Waals surface area (Å²) in [6.45, 7) is 1.63. The summed E-state index contributed by atoms with van der Waals surface area (Å²) < 4.78 is 27.5. The Kier molecular flexibility index (Phi) is 6.78. The smallest absolute Gasteiger partial charge is 0.252 e. The lowest BCUT2D eigenvalue weighted by molar-refractivity contribution is -0.136. The van der Waals surface area contributed by atoms with Crippen molar-refractivity contribution in [2.24, 2.45) is 5.73 Å². The zero-order valence-corrected chi connectivity index (χ0v) is 17.0. The van der Waals surface area contributed by atoms with Crippen molar-refractivity contribution in [1.82, 2.24) is 9.21 Å². The average Bonchev–Trinajstić information content (AvgIpc) is 3.09. The summed E-state index contributed by atoms with van der Waals surface area (Å²) in [5, 5.41) is 0. The van der Waals surface area contributed by atoms with Gasteiger partial charge < -0.3 is 10.6 Å². The van der Waals surface area contributed by atoms with Gasteiger partial charge in [-0.3, -0.25) is 4.79 Å². The van der Waals surface area contributed by atoms with Crippen LogP contribution in [-0.4, -0.2) is 55.2 Å². The van der Waals surface area contributed by atoms with E-state index in [4.69, 9.17) is 17.3 Å². The molecule has 1 aliphatic carbocycles. The number of rotatable bonds is 3. The topological polar surface area (TPSA) is 83.7 Å². The zero-order chi connectivity index (χ0) is 17.4. The number of nitrogens with two attached hydrogens (primary N) is 1. The molecule has 3 rings (SSSR count). The molecule has 1 aliphatic heterocycles. The van der Waals surface area contributed by atoms with Gasteiger partial charge >= 0.3 is 0 Å². The first kappa shape index (κ1) is 20.9. The quantitative estimate of drug-likeness (QED) is 0.801. The first-order valence-electron chi connectivity index (χ1n) is 8.17. The highest BCUT2D eigenvalue weighted by Gasteiger charge is 2.40. The van der Waals surface area contributed by atoms with Crippen LogP contribution in [-0.2, 0) is 14.8 Å². The molecule has 6 nitrogen and oxygen atoms in total. The molecule has 2 N–H and O–H groups in total. The van der Waals surface area contributed by atoms with Crippen LogP contribution in [0.15, 0.2) is 16.3 Å². The summed E-state index contributed by atoms with van der Waals surface area (Å²) in [7, 11) is -3.55. The third-order valence-electron chi connectivity index (χ3n) is 4.81. The van der Waals surface area contributed by atoms with Crippen molar-refractivity contribution in [2.75, 3.05) is 26.2 Å². The number of hydrogen-bond donors (Lipinski definition) is 1. The summed E-state index contributed by atoms with van der Waals surface area (Å²) in [5.74, 6) is -0.0292. The molecule has 1 saturated heterocycles. The number of thiophene rings is 1. The van der Waals surface area contributed by atoms with Crippen molar-refractivity contribution in [3.63, 3.8) is 0 Å². The molecule has 2 aliphatic rings. The number of sulfonamides is 1. The first-order chi connectivity index (χ1) is 11.3. The Morgan fingerprint density at radius 2 is 1.80 bits per heavy atom. The van der Waals surface area contributed by atoms with Crippen LogP contribution in [0.2, 0.25) is 4.34 Å². The van der Waals surface area contributed by atoms with E-state index in [2.05, 4.69) is 0 Å². The van der Waals surface area contributed by atoms with Gasteiger partial charge in [0.15, 0.2) is 0 Å². The Balaban J connectivity index is 0.00000225. The van der Waals surface area contributed by atoms with Crippen molar-refractivity contribution >= 4 is 51.3 Å². The molecule has 0 aromatic carbocycles. The van der Waals surface area contributed by atoms with Gasteiger partial charge in [-0.1, -0.05) is 24.4 Å². The molecule has 1 aromatic rings. The SMILES string of the molecule is Cl.NC1(C(=O)N2CCCN(S(=O)(=O)c3ccc(Cl)s3)CC2)CCCC1. The molecule has 2 heterocycles. The molecular formula is C15H23Cl2N3O3S2. The zero-order valence-electron chi connectivity index (χ0n) is 13.8. The fraction of sp³-hybridized carbons (Fsp3) is 0.667. The highest BCUT2D eigenvalue weighted by Crippen LogP contribution is 2.31. The van der Waals surface area contributed by atoms with Gasteiger partial charge in [-0.05, 0) is 31.4 Å². The molecular weight excluding hydrogens is 405 g/mol. The van der Waals surface area contributed by atoms with E-state index in [0.717, 1.165) is 37.0 Å². The molecule has 0 unspecified atom stereocenters. The second-order valence-corrected chi connectivity index (χ2v) is 10.4. The van der Waals surface area contributed by atoms with Crippen molar-refractivity contribution in [3.8, 4) is 0 Å². The highest BCUT2D eigenvalue weighted by atomic mass is 35.5. The van der Waals surface area contributed by atoms with E-state index in [1.165, 1.54) is 10.4 Å². The van der Waals surface area contributed by atoms with E-state index in [9.17, 15) is 13.2 Å². The second-order valence-electron chi connectivity index (χ2n) is 6.47. The Hall–Kier alpha value is -0.380. The van der Waals surface area contributed by atoms with Crippen molar-refractivity contribution in [2.45, 2.75) is 41.9 Å². The Morgan fingerprint density at radius 1 is 1.12 bits per heavy atom. The predicted molar refractivity (Wildman–Crippen MR) is 102 cm³/mol. The van der Waals surface area contributed by atoms with Gasteiger partial charge in [0.25, 0.3) is 10.0 Å². The summed E-state index contributed by atoms with van der Waals surface area (Å²) >= 11 is 6.92. The van der Waals surface area contributed by atoms with E-state index >= 15 is 0 Å². The molecule has 142 valence electrons. The maximum absolute atomic E-state index is 12.7. The van der Waals surface area contributed by atoms with Gasteiger partial charge in [-0.2, -0.15) is 4.31 Å². The third-order valence-corrected chi connectivity index (χ3v) is 8.40. The van der Waals surface area contributed by atoms with E-state index in [1.807, 2.05) is 0 Å². The average molecular weight is 428 g/mol. The van der Waals surface area contributed by atoms with Crippen LogP contribution in [0.4, 0.5) is 0 Å². The molecule has 1 aromatic heterocycles. The molecule has 2 fully saturated rings. The molecule has 10 heteroatoms. The van der Waals surface area contributed by atoms with Gasteiger partial charge in [-0.15, -0.1) is 23.7 Å².